The minimum Gasteiger partial charge on any atom is -0.480 e. The molecule has 0 rings (SSSR count). The summed E-state index contributed by atoms with van der Waals surface area (Å²) < 4.78 is 4.98. The first-order chi connectivity index (χ1) is 9.27. The number of amides is 3. The van der Waals surface area contributed by atoms with Gasteiger partial charge in [-0.3, -0.25) is 4.79 Å². The number of carbonyl (C=O) groups excluding carboxylic acids is 2. The Balaban J connectivity index is 4.44. The number of aliphatic carboxylic acids is 1. The summed E-state index contributed by atoms with van der Waals surface area (Å²) in [4.78, 5) is 33.4. The maximum atomic E-state index is 11.7. The van der Waals surface area contributed by atoms with E-state index in [1.54, 1.807) is 0 Å². The summed E-state index contributed by atoms with van der Waals surface area (Å²) in [6, 6.07) is -2.00. The topological polar surface area (TPSA) is 131 Å². The maximum absolute atomic E-state index is 11.7. The van der Waals surface area contributed by atoms with E-state index in [1.807, 2.05) is 13.8 Å². The molecule has 0 aliphatic heterocycles. The van der Waals surface area contributed by atoms with E-state index >= 15 is 0 Å². The number of carbonyl (C=O) groups is 3. The predicted octanol–water partition coefficient (Wildman–Crippen LogP) is -0.325. The number of methoxy groups -OCH3 is 1. The van der Waals surface area contributed by atoms with Crippen LogP contribution in [0.5, 0.6) is 0 Å². The van der Waals surface area contributed by atoms with E-state index in [4.69, 9.17) is 15.6 Å². The zero-order valence-electron chi connectivity index (χ0n) is 12.0. The van der Waals surface area contributed by atoms with Gasteiger partial charge in [-0.25, -0.2) is 9.59 Å². The Hall–Kier alpha value is -1.83. The quantitative estimate of drug-likeness (QED) is 0.462. The number of nitrogens with two attached hydrogens (primary N) is 1. The van der Waals surface area contributed by atoms with Gasteiger partial charge in [-0.15, -0.1) is 0 Å². The largest absolute Gasteiger partial charge is 0.480 e. The number of urea groups is 1. The SMILES string of the molecule is COCC(NC(=O)N[C@@H](CCC(N)=O)C(=O)O)C(C)C. The van der Waals surface area contributed by atoms with Crippen molar-refractivity contribution in [3.63, 3.8) is 0 Å². The highest BCUT2D eigenvalue weighted by Crippen LogP contribution is 2.02. The summed E-state index contributed by atoms with van der Waals surface area (Å²) in [5, 5.41) is 13.9. The molecule has 116 valence electrons. The normalized spacial score (nSPS) is 13.6. The maximum Gasteiger partial charge on any atom is 0.326 e. The molecule has 2 atom stereocenters. The zero-order chi connectivity index (χ0) is 15.7. The van der Waals surface area contributed by atoms with Crippen LogP contribution in [0.25, 0.3) is 0 Å². The molecule has 0 aliphatic rings. The van der Waals surface area contributed by atoms with Crippen LogP contribution in [0.4, 0.5) is 4.79 Å². The van der Waals surface area contributed by atoms with E-state index in [-0.39, 0.29) is 24.8 Å². The van der Waals surface area contributed by atoms with Crippen LogP contribution in [0.1, 0.15) is 26.7 Å². The molecule has 0 aromatic heterocycles. The fraction of sp³-hybridized carbons (Fsp3) is 0.750. The van der Waals surface area contributed by atoms with Crippen LogP contribution < -0.4 is 16.4 Å². The molecule has 0 fully saturated rings. The van der Waals surface area contributed by atoms with Crippen LogP contribution >= 0.6 is 0 Å². The summed E-state index contributed by atoms with van der Waals surface area (Å²) in [6.07, 6.45) is -0.155. The third-order valence-electron chi connectivity index (χ3n) is 2.75. The predicted molar refractivity (Wildman–Crippen MR) is 72.0 cm³/mol. The highest BCUT2D eigenvalue weighted by atomic mass is 16.5. The van der Waals surface area contributed by atoms with Crippen molar-refractivity contribution in [3.05, 3.63) is 0 Å². The smallest absolute Gasteiger partial charge is 0.326 e. The molecule has 0 radical (unpaired) electrons. The van der Waals surface area contributed by atoms with Crippen LogP contribution in [0.3, 0.4) is 0 Å². The Kier molecular flexibility index (Phi) is 8.30. The van der Waals surface area contributed by atoms with Crippen molar-refractivity contribution >= 4 is 17.9 Å². The molecular weight excluding hydrogens is 266 g/mol. The van der Waals surface area contributed by atoms with E-state index in [0.717, 1.165) is 0 Å². The van der Waals surface area contributed by atoms with Crippen molar-refractivity contribution in [2.45, 2.75) is 38.8 Å². The molecule has 20 heavy (non-hydrogen) atoms. The van der Waals surface area contributed by atoms with Gasteiger partial charge in [-0.2, -0.15) is 0 Å². The average Bonchev–Trinajstić information content (AvgIpc) is 2.33. The number of carboxylic acids is 1. The molecule has 1 unspecified atom stereocenters. The number of carboxylic acid groups (broad SMARTS) is 1. The molecule has 0 aromatic carbocycles. The minimum absolute atomic E-state index is 0.0469. The lowest BCUT2D eigenvalue weighted by Gasteiger charge is -2.23. The molecule has 0 saturated heterocycles. The van der Waals surface area contributed by atoms with E-state index < -0.39 is 23.9 Å². The van der Waals surface area contributed by atoms with Gasteiger partial charge >= 0.3 is 12.0 Å². The van der Waals surface area contributed by atoms with E-state index in [9.17, 15) is 14.4 Å². The molecule has 0 bridgehead atoms. The first kappa shape index (κ1) is 18.2. The van der Waals surface area contributed by atoms with Gasteiger partial charge in [0.1, 0.15) is 6.04 Å². The molecule has 8 heteroatoms. The van der Waals surface area contributed by atoms with Gasteiger partial charge in [-0.1, -0.05) is 13.8 Å². The molecule has 0 spiro atoms. The summed E-state index contributed by atoms with van der Waals surface area (Å²) in [7, 11) is 1.52. The molecule has 0 heterocycles. The lowest BCUT2D eigenvalue weighted by Crippen LogP contribution is -2.51. The average molecular weight is 289 g/mol. The monoisotopic (exact) mass is 289 g/mol. The number of hydrogen-bond donors (Lipinski definition) is 4. The van der Waals surface area contributed by atoms with Crippen molar-refractivity contribution in [1.82, 2.24) is 10.6 Å². The first-order valence-electron chi connectivity index (χ1n) is 6.35. The molecular formula is C12H23N3O5. The van der Waals surface area contributed by atoms with Gasteiger partial charge in [0.05, 0.1) is 12.6 Å². The van der Waals surface area contributed by atoms with Gasteiger partial charge < -0.3 is 26.2 Å². The minimum atomic E-state index is -1.21. The van der Waals surface area contributed by atoms with Gasteiger partial charge in [0, 0.05) is 13.5 Å². The fourth-order valence-electron chi connectivity index (χ4n) is 1.49. The van der Waals surface area contributed by atoms with Crippen molar-refractivity contribution in [3.8, 4) is 0 Å². The second-order valence-corrected chi connectivity index (χ2v) is 4.82. The Bertz CT molecular complexity index is 346. The number of hydrogen-bond acceptors (Lipinski definition) is 4. The highest BCUT2D eigenvalue weighted by Gasteiger charge is 2.22. The van der Waals surface area contributed by atoms with Crippen molar-refractivity contribution in [1.29, 1.82) is 0 Å². The lowest BCUT2D eigenvalue weighted by molar-refractivity contribution is -0.139. The molecule has 3 amide bonds. The molecule has 8 nitrogen and oxygen atoms in total. The summed E-state index contributed by atoms with van der Waals surface area (Å²) in [6.45, 7) is 4.14. The number of rotatable bonds is 9. The van der Waals surface area contributed by atoms with E-state index in [1.165, 1.54) is 7.11 Å². The Labute approximate surface area is 118 Å². The fourth-order valence-corrected chi connectivity index (χ4v) is 1.49. The van der Waals surface area contributed by atoms with E-state index in [0.29, 0.717) is 6.61 Å². The van der Waals surface area contributed by atoms with Gasteiger partial charge in [0.25, 0.3) is 0 Å². The third-order valence-corrected chi connectivity index (χ3v) is 2.75. The number of primary amides is 1. The second-order valence-electron chi connectivity index (χ2n) is 4.82. The van der Waals surface area contributed by atoms with Crippen LogP contribution in [0.15, 0.2) is 0 Å². The van der Waals surface area contributed by atoms with Crippen molar-refractivity contribution in [2.75, 3.05) is 13.7 Å². The van der Waals surface area contributed by atoms with Gasteiger partial charge in [0.15, 0.2) is 0 Å². The standard InChI is InChI=1S/C12H23N3O5/c1-7(2)9(6-20-3)15-12(19)14-8(11(17)18)4-5-10(13)16/h7-9H,4-6H2,1-3H3,(H2,13,16)(H,17,18)(H2,14,15,19)/t8-,9?/m0/s1. The van der Waals surface area contributed by atoms with Crippen molar-refractivity contribution in [2.24, 2.45) is 11.7 Å². The molecule has 0 aromatic rings. The Morgan fingerprint density at radius 3 is 2.25 bits per heavy atom. The lowest BCUT2D eigenvalue weighted by atomic mass is 10.1. The Morgan fingerprint density at radius 1 is 1.25 bits per heavy atom. The number of ether oxygens (including phenoxy) is 1. The van der Waals surface area contributed by atoms with Crippen molar-refractivity contribution < 1.29 is 24.2 Å². The molecule has 0 saturated carbocycles. The van der Waals surface area contributed by atoms with Gasteiger partial charge in [0.2, 0.25) is 5.91 Å². The van der Waals surface area contributed by atoms with Crippen LogP contribution in [-0.4, -0.2) is 48.8 Å². The number of nitrogens with one attached hydrogen (secondary N) is 2. The summed E-state index contributed by atoms with van der Waals surface area (Å²) in [5.41, 5.74) is 4.95. The third kappa shape index (κ3) is 7.57. The van der Waals surface area contributed by atoms with E-state index in [2.05, 4.69) is 10.6 Å². The first-order valence-corrected chi connectivity index (χ1v) is 6.35. The molecule has 5 N–H and O–H groups in total. The Morgan fingerprint density at radius 2 is 1.85 bits per heavy atom. The van der Waals surface area contributed by atoms with Crippen LogP contribution in [0, 0.1) is 5.92 Å². The van der Waals surface area contributed by atoms with Crippen LogP contribution in [-0.2, 0) is 14.3 Å². The van der Waals surface area contributed by atoms with Gasteiger partial charge in [-0.05, 0) is 12.3 Å². The zero-order valence-corrected chi connectivity index (χ0v) is 12.0. The second kappa shape index (κ2) is 9.13. The summed E-state index contributed by atoms with van der Waals surface area (Å²) >= 11 is 0. The molecule has 0 aliphatic carbocycles. The summed E-state index contributed by atoms with van der Waals surface area (Å²) in [5.74, 6) is -1.69. The highest BCUT2D eigenvalue weighted by molar-refractivity contribution is 5.83. The van der Waals surface area contributed by atoms with Crippen LogP contribution in [0.2, 0.25) is 0 Å².